The topological polar surface area (TPSA) is 47.9 Å². The zero-order valence-corrected chi connectivity index (χ0v) is 17.9. The van der Waals surface area contributed by atoms with E-state index in [9.17, 15) is 5.11 Å². The molecule has 0 saturated carbocycles. The van der Waals surface area contributed by atoms with Crippen molar-refractivity contribution in [3.05, 3.63) is 30.3 Å². The van der Waals surface area contributed by atoms with E-state index in [4.69, 9.17) is 13.7 Å². The number of hydrogen-bond acceptors (Lipinski definition) is 5. The van der Waals surface area contributed by atoms with Gasteiger partial charge in [-0.15, -0.1) is 0 Å². The van der Waals surface area contributed by atoms with E-state index < -0.39 is 6.10 Å². The predicted octanol–water partition coefficient (Wildman–Crippen LogP) is 4.90. The summed E-state index contributed by atoms with van der Waals surface area (Å²) >= 11 is 2.03. The second kappa shape index (κ2) is 10.9. The Hall–Kier alpha value is -0.0200. The van der Waals surface area contributed by atoms with Gasteiger partial charge in [0.15, 0.2) is 0 Å². The first-order chi connectivity index (χ1) is 11.2. The van der Waals surface area contributed by atoms with Gasteiger partial charge in [-0.3, -0.25) is 0 Å². The molecule has 24 heavy (non-hydrogen) atoms. The summed E-state index contributed by atoms with van der Waals surface area (Å²) in [5.41, 5.74) is 0.0322. The largest absolute Gasteiger partial charge is 0.493 e. The summed E-state index contributed by atoms with van der Waals surface area (Å²) in [7, 11) is 1.22. The highest BCUT2D eigenvalue weighted by atomic mass is 127. The van der Waals surface area contributed by atoms with Crippen molar-refractivity contribution in [2.24, 2.45) is 10.8 Å². The lowest BCUT2D eigenvalue weighted by atomic mass is 9.76. The Bertz CT molecular complexity index is 454. The van der Waals surface area contributed by atoms with E-state index in [-0.39, 0.29) is 17.4 Å². The molecule has 1 N–H and O–H groups in total. The van der Waals surface area contributed by atoms with Crippen molar-refractivity contribution in [2.45, 2.75) is 40.2 Å². The fraction of sp³-hybridized carbons (Fsp3) is 0.667. The van der Waals surface area contributed by atoms with Crippen molar-refractivity contribution in [3.8, 4) is 5.75 Å². The normalized spacial score (nSPS) is 13.8. The van der Waals surface area contributed by atoms with Gasteiger partial charge in [-0.05, 0) is 29.4 Å². The Balaban J connectivity index is 2.35. The Morgan fingerprint density at radius 3 is 2.29 bits per heavy atom. The molecule has 1 aromatic rings. The quantitative estimate of drug-likeness (QED) is 0.349. The van der Waals surface area contributed by atoms with Crippen LogP contribution in [-0.4, -0.2) is 37.6 Å². The van der Waals surface area contributed by atoms with Crippen LogP contribution in [0, 0.1) is 10.8 Å². The number of aliphatic hydroxyl groups is 1. The van der Waals surface area contributed by atoms with Crippen LogP contribution in [0.15, 0.2) is 30.3 Å². The first-order valence-electron chi connectivity index (χ1n) is 8.08. The highest BCUT2D eigenvalue weighted by Gasteiger charge is 2.30. The molecule has 0 fully saturated rings. The third-order valence-electron chi connectivity index (χ3n) is 3.44. The lowest BCUT2D eigenvalue weighted by Crippen LogP contribution is -2.32. The zero-order chi connectivity index (χ0) is 18.1. The van der Waals surface area contributed by atoms with Crippen molar-refractivity contribution < 1.29 is 18.8 Å². The number of benzene rings is 1. The first-order valence-corrected chi connectivity index (χ1v) is 11.4. The Labute approximate surface area is 162 Å². The van der Waals surface area contributed by atoms with E-state index in [1.165, 1.54) is 9.21 Å². The smallest absolute Gasteiger partial charge is 0.119 e. The minimum absolute atomic E-state index is 0.00212. The first kappa shape index (κ1) is 22.0. The molecule has 0 aliphatic rings. The van der Waals surface area contributed by atoms with Crippen LogP contribution in [0.5, 0.6) is 5.75 Å². The van der Waals surface area contributed by atoms with Crippen LogP contribution in [0.2, 0.25) is 0 Å². The Morgan fingerprint density at radius 1 is 1.04 bits per heavy atom. The molecule has 1 aromatic carbocycles. The minimum Gasteiger partial charge on any atom is -0.493 e. The van der Waals surface area contributed by atoms with Crippen molar-refractivity contribution in [1.82, 2.24) is 0 Å². The molecule has 0 aliphatic carbocycles. The van der Waals surface area contributed by atoms with Crippen LogP contribution >= 0.6 is 30.4 Å². The SMILES string of the molecule is CC(C)(COC[C@H](O)COSI)CC(C)(C)COc1ccccc1. The van der Waals surface area contributed by atoms with Crippen molar-refractivity contribution in [1.29, 1.82) is 0 Å². The lowest BCUT2D eigenvalue weighted by molar-refractivity contribution is -0.0241. The molecule has 0 radical (unpaired) electrons. The van der Waals surface area contributed by atoms with Gasteiger partial charge in [0.05, 0.1) is 35.6 Å². The number of para-hydroxylation sites is 1. The second-order valence-electron chi connectivity index (χ2n) is 7.62. The van der Waals surface area contributed by atoms with E-state index in [0.29, 0.717) is 19.8 Å². The van der Waals surface area contributed by atoms with E-state index in [1.54, 1.807) is 0 Å². The molecule has 0 bridgehead atoms. The monoisotopic (exact) mass is 468 g/mol. The molecular weight excluding hydrogens is 439 g/mol. The van der Waals surface area contributed by atoms with Gasteiger partial charge in [-0.1, -0.05) is 45.9 Å². The summed E-state index contributed by atoms with van der Waals surface area (Å²) in [6, 6.07) is 9.89. The molecule has 4 nitrogen and oxygen atoms in total. The standard InChI is InChI=1S/C18H29IO4S/c1-17(2,13-21-10-15(20)11-23-24-19)12-18(3,4)14-22-16-8-6-5-7-9-16/h5-9,15,20H,10-14H2,1-4H3/t15-/m0/s1. The molecule has 138 valence electrons. The molecule has 0 heterocycles. The van der Waals surface area contributed by atoms with Crippen LogP contribution in [-0.2, 0) is 8.92 Å². The molecule has 0 aromatic heterocycles. The number of hydrogen-bond donors (Lipinski definition) is 1. The minimum atomic E-state index is -0.586. The van der Waals surface area contributed by atoms with Gasteiger partial charge < -0.3 is 18.8 Å². The van der Waals surface area contributed by atoms with Crippen LogP contribution in [0.25, 0.3) is 0 Å². The number of halogens is 1. The summed E-state index contributed by atoms with van der Waals surface area (Å²) in [5, 5.41) is 9.73. The summed E-state index contributed by atoms with van der Waals surface area (Å²) in [5.74, 6) is 0.899. The maximum Gasteiger partial charge on any atom is 0.119 e. The van der Waals surface area contributed by atoms with Gasteiger partial charge >= 0.3 is 0 Å². The molecule has 0 saturated heterocycles. The molecule has 1 rings (SSSR count). The molecule has 0 unspecified atom stereocenters. The van der Waals surface area contributed by atoms with Gasteiger partial charge in [0.25, 0.3) is 0 Å². The fourth-order valence-corrected chi connectivity index (χ4v) is 3.47. The van der Waals surface area contributed by atoms with Crippen molar-refractivity contribution in [2.75, 3.05) is 26.4 Å². The van der Waals surface area contributed by atoms with E-state index in [2.05, 4.69) is 27.7 Å². The average molecular weight is 468 g/mol. The second-order valence-corrected chi connectivity index (χ2v) is 9.06. The Kier molecular flexibility index (Phi) is 9.96. The average Bonchev–Trinajstić information content (AvgIpc) is 2.51. The highest BCUT2D eigenvalue weighted by molar-refractivity contribution is 14.2. The maximum atomic E-state index is 9.73. The summed E-state index contributed by atoms with van der Waals surface area (Å²) in [6.07, 6.45) is 0.376. The summed E-state index contributed by atoms with van der Waals surface area (Å²) < 4.78 is 16.7. The third-order valence-corrected chi connectivity index (χ3v) is 4.43. The van der Waals surface area contributed by atoms with Gasteiger partial charge in [0.2, 0.25) is 0 Å². The highest BCUT2D eigenvalue weighted by Crippen LogP contribution is 2.34. The lowest BCUT2D eigenvalue weighted by Gasteiger charge is -2.34. The molecule has 0 amide bonds. The molecule has 0 spiro atoms. The van der Waals surface area contributed by atoms with Crippen LogP contribution in [0.3, 0.4) is 0 Å². The van der Waals surface area contributed by atoms with Gasteiger partial charge in [-0.2, -0.15) is 0 Å². The molecule has 1 atom stereocenters. The summed E-state index contributed by atoms with van der Waals surface area (Å²) in [6.45, 7) is 10.6. The third kappa shape index (κ3) is 10.1. The zero-order valence-electron chi connectivity index (χ0n) is 15.0. The fourth-order valence-electron chi connectivity index (χ4n) is 2.82. The van der Waals surface area contributed by atoms with Gasteiger partial charge in [-0.25, -0.2) is 0 Å². The molecule has 0 aliphatic heterocycles. The number of rotatable bonds is 12. The van der Waals surface area contributed by atoms with Crippen LogP contribution in [0.4, 0.5) is 0 Å². The molecule has 6 heteroatoms. The molecular formula is C18H29IO4S. The van der Waals surface area contributed by atoms with Crippen molar-refractivity contribution >= 4 is 30.4 Å². The van der Waals surface area contributed by atoms with Crippen LogP contribution in [0.1, 0.15) is 34.1 Å². The number of aliphatic hydroxyl groups excluding tert-OH is 1. The van der Waals surface area contributed by atoms with E-state index in [1.807, 2.05) is 51.5 Å². The predicted molar refractivity (Wildman–Crippen MR) is 109 cm³/mol. The van der Waals surface area contributed by atoms with Crippen LogP contribution < -0.4 is 4.74 Å². The van der Waals surface area contributed by atoms with Gasteiger partial charge in [0.1, 0.15) is 11.9 Å². The van der Waals surface area contributed by atoms with Gasteiger partial charge in [0, 0.05) is 21.2 Å². The van der Waals surface area contributed by atoms with Crippen molar-refractivity contribution in [3.63, 3.8) is 0 Å². The maximum absolute atomic E-state index is 9.73. The van der Waals surface area contributed by atoms with E-state index >= 15 is 0 Å². The summed E-state index contributed by atoms with van der Waals surface area (Å²) in [4.78, 5) is 0. The number of ether oxygens (including phenoxy) is 2. The van der Waals surface area contributed by atoms with E-state index in [0.717, 1.165) is 12.2 Å². The Morgan fingerprint density at radius 2 is 1.67 bits per heavy atom.